The summed E-state index contributed by atoms with van der Waals surface area (Å²) < 4.78 is 5.95. The van der Waals surface area contributed by atoms with Gasteiger partial charge in [0.15, 0.2) is 0 Å². The molecule has 0 fully saturated rings. The number of benzene rings is 3. The predicted molar refractivity (Wildman–Crippen MR) is 87.5 cm³/mol. The van der Waals surface area contributed by atoms with Gasteiger partial charge in [-0.15, -0.1) is 0 Å². The van der Waals surface area contributed by atoms with Gasteiger partial charge < -0.3 is 9.84 Å². The van der Waals surface area contributed by atoms with Crippen molar-refractivity contribution in [1.82, 2.24) is 0 Å². The Labute approximate surface area is 125 Å². The van der Waals surface area contributed by atoms with Crippen molar-refractivity contribution in [1.29, 1.82) is 0 Å². The highest BCUT2D eigenvalue weighted by Gasteiger charge is 2.18. The van der Waals surface area contributed by atoms with Crippen LogP contribution < -0.4 is 0 Å². The van der Waals surface area contributed by atoms with Crippen LogP contribution in [-0.4, -0.2) is 17.8 Å². The smallest absolute Gasteiger partial charge is 0.107 e. The van der Waals surface area contributed by atoms with Crippen LogP contribution in [0.25, 0.3) is 21.5 Å². The van der Waals surface area contributed by atoms with E-state index in [1.807, 2.05) is 38.1 Å². The molecule has 108 valence electrons. The van der Waals surface area contributed by atoms with E-state index in [4.69, 9.17) is 4.74 Å². The third kappa shape index (κ3) is 2.65. The normalized spacial score (nSPS) is 13.1. The fourth-order valence-electron chi connectivity index (χ4n) is 2.93. The molecular weight excluding hydrogens is 260 g/mol. The molecule has 0 spiro atoms. The van der Waals surface area contributed by atoms with Crippen molar-refractivity contribution in [2.75, 3.05) is 6.61 Å². The highest BCUT2D eigenvalue weighted by molar-refractivity contribution is 6.02. The van der Waals surface area contributed by atoms with Crippen LogP contribution in [0, 0.1) is 0 Å². The van der Waals surface area contributed by atoms with Crippen molar-refractivity contribution in [3.8, 4) is 0 Å². The molecule has 0 saturated carbocycles. The number of rotatable bonds is 4. The van der Waals surface area contributed by atoms with Crippen LogP contribution in [0.15, 0.2) is 54.6 Å². The van der Waals surface area contributed by atoms with Gasteiger partial charge in [-0.05, 0) is 47.0 Å². The minimum Gasteiger partial charge on any atom is -0.393 e. The van der Waals surface area contributed by atoms with Gasteiger partial charge in [0.25, 0.3) is 0 Å². The zero-order valence-electron chi connectivity index (χ0n) is 12.4. The minimum absolute atomic E-state index is 0.0177. The van der Waals surface area contributed by atoms with Gasteiger partial charge in [-0.25, -0.2) is 0 Å². The number of aliphatic hydroxyl groups is 1. The first-order valence-corrected chi connectivity index (χ1v) is 7.37. The molecule has 0 aliphatic heterocycles. The summed E-state index contributed by atoms with van der Waals surface area (Å²) in [6.07, 6.45) is -0.235. The zero-order chi connectivity index (χ0) is 14.8. The Morgan fingerprint density at radius 3 is 1.90 bits per heavy atom. The van der Waals surface area contributed by atoms with E-state index in [2.05, 4.69) is 30.3 Å². The van der Waals surface area contributed by atoms with Gasteiger partial charge in [0.1, 0.15) is 6.10 Å². The zero-order valence-corrected chi connectivity index (χ0v) is 12.4. The molecule has 0 aromatic heterocycles. The Morgan fingerprint density at radius 1 is 0.905 bits per heavy atom. The summed E-state index contributed by atoms with van der Waals surface area (Å²) in [5, 5.41) is 14.5. The molecule has 0 amide bonds. The number of aliphatic hydroxyl groups excluding tert-OH is 1. The molecule has 0 radical (unpaired) electrons. The quantitative estimate of drug-likeness (QED) is 0.715. The van der Waals surface area contributed by atoms with Gasteiger partial charge in [0.2, 0.25) is 0 Å². The second-order valence-electron chi connectivity index (χ2n) is 5.59. The lowest BCUT2D eigenvalue weighted by atomic mass is 9.93. The van der Waals surface area contributed by atoms with Crippen LogP contribution in [0.5, 0.6) is 0 Å². The van der Waals surface area contributed by atoms with Crippen LogP contribution in [0.3, 0.4) is 0 Å². The topological polar surface area (TPSA) is 29.5 Å². The van der Waals surface area contributed by atoms with Crippen molar-refractivity contribution in [2.24, 2.45) is 0 Å². The Morgan fingerprint density at radius 2 is 1.43 bits per heavy atom. The molecule has 3 aromatic carbocycles. The predicted octanol–water partition coefficient (Wildman–Crippen LogP) is 4.45. The molecule has 1 atom stereocenters. The van der Waals surface area contributed by atoms with E-state index >= 15 is 0 Å². The molecule has 0 heterocycles. The fraction of sp³-hybridized carbons (Fsp3) is 0.263. The van der Waals surface area contributed by atoms with Crippen LogP contribution in [-0.2, 0) is 4.74 Å². The number of hydrogen-bond acceptors (Lipinski definition) is 2. The molecule has 0 aliphatic rings. The van der Waals surface area contributed by atoms with E-state index in [1.54, 1.807) is 0 Å². The summed E-state index contributed by atoms with van der Waals surface area (Å²) in [4.78, 5) is 0. The summed E-state index contributed by atoms with van der Waals surface area (Å²) in [7, 11) is 0. The van der Waals surface area contributed by atoms with Gasteiger partial charge >= 0.3 is 0 Å². The lowest BCUT2D eigenvalue weighted by Gasteiger charge is -2.22. The second-order valence-corrected chi connectivity index (χ2v) is 5.59. The number of ether oxygens (including phenoxy) is 1. The maximum atomic E-state index is 9.82. The molecule has 3 rings (SSSR count). The Bertz CT molecular complexity index is 708. The molecule has 1 N–H and O–H groups in total. The summed E-state index contributed by atoms with van der Waals surface area (Å²) in [6, 6.07) is 18.8. The standard InChI is InChI=1S/C19H20O2/c1-13(2)21-18(12-20)19-16-9-5-3-7-14(16)11-15-8-4-6-10-17(15)19/h3-11,13,18,20H,12H2,1-2H3. The van der Waals surface area contributed by atoms with Gasteiger partial charge in [-0.1, -0.05) is 48.5 Å². The van der Waals surface area contributed by atoms with Crippen molar-refractivity contribution in [3.05, 3.63) is 60.2 Å². The fourth-order valence-corrected chi connectivity index (χ4v) is 2.93. The second kappa shape index (κ2) is 5.84. The van der Waals surface area contributed by atoms with Crippen molar-refractivity contribution >= 4 is 21.5 Å². The van der Waals surface area contributed by atoms with Crippen LogP contribution in [0.2, 0.25) is 0 Å². The average molecular weight is 280 g/mol. The third-order valence-electron chi connectivity index (χ3n) is 3.74. The molecule has 2 nitrogen and oxygen atoms in total. The molecule has 0 bridgehead atoms. The van der Waals surface area contributed by atoms with Crippen LogP contribution in [0.1, 0.15) is 25.5 Å². The molecule has 3 aromatic rings. The SMILES string of the molecule is CC(C)OC(CO)c1c2ccccc2cc2ccccc12. The molecule has 1 unspecified atom stereocenters. The van der Waals surface area contributed by atoms with E-state index in [0.717, 1.165) is 16.3 Å². The highest BCUT2D eigenvalue weighted by atomic mass is 16.5. The first-order chi connectivity index (χ1) is 10.2. The van der Waals surface area contributed by atoms with Gasteiger partial charge in [-0.2, -0.15) is 0 Å². The van der Waals surface area contributed by atoms with Gasteiger partial charge in [0, 0.05) is 0 Å². The van der Waals surface area contributed by atoms with Crippen molar-refractivity contribution in [3.63, 3.8) is 0 Å². The van der Waals surface area contributed by atoms with Gasteiger partial charge in [0.05, 0.1) is 12.7 Å². The lowest BCUT2D eigenvalue weighted by molar-refractivity contribution is -0.0232. The monoisotopic (exact) mass is 280 g/mol. The van der Waals surface area contributed by atoms with Crippen molar-refractivity contribution < 1.29 is 9.84 Å². The maximum absolute atomic E-state index is 9.82. The summed E-state index contributed by atoms with van der Waals surface area (Å²) >= 11 is 0. The lowest BCUT2D eigenvalue weighted by Crippen LogP contribution is -2.15. The average Bonchev–Trinajstić information content (AvgIpc) is 2.50. The summed E-state index contributed by atoms with van der Waals surface area (Å²) in [6.45, 7) is 3.97. The molecule has 21 heavy (non-hydrogen) atoms. The Kier molecular flexibility index (Phi) is 3.91. The van der Waals surface area contributed by atoms with E-state index in [1.165, 1.54) is 10.8 Å². The minimum atomic E-state index is -0.305. The Hall–Kier alpha value is -1.90. The van der Waals surface area contributed by atoms with Crippen LogP contribution in [0.4, 0.5) is 0 Å². The van der Waals surface area contributed by atoms with E-state index in [-0.39, 0.29) is 18.8 Å². The van der Waals surface area contributed by atoms with E-state index in [9.17, 15) is 5.11 Å². The van der Waals surface area contributed by atoms with E-state index < -0.39 is 0 Å². The van der Waals surface area contributed by atoms with Gasteiger partial charge in [-0.3, -0.25) is 0 Å². The first-order valence-electron chi connectivity index (χ1n) is 7.37. The Balaban J connectivity index is 2.33. The number of fused-ring (bicyclic) bond motifs is 2. The molecule has 2 heteroatoms. The maximum Gasteiger partial charge on any atom is 0.107 e. The largest absolute Gasteiger partial charge is 0.393 e. The first kappa shape index (κ1) is 14.1. The van der Waals surface area contributed by atoms with E-state index in [0.29, 0.717) is 0 Å². The molecular formula is C19H20O2. The van der Waals surface area contributed by atoms with Crippen LogP contribution >= 0.6 is 0 Å². The van der Waals surface area contributed by atoms with Crippen molar-refractivity contribution in [2.45, 2.75) is 26.1 Å². The number of hydrogen-bond donors (Lipinski definition) is 1. The summed E-state index contributed by atoms with van der Waals surface area (Å²) in [5.74, 6) is 0. The highest BCUT2D eigenvalue weighted by Crippen LogP contribution is 2.34. The molecule has 0 aliphatic carbocycles. The molecule has 0 saturated heterocycles. The third-order valence-corrected chi connectivity index (χ3v) is 3.74. The summed E-state index contributed by atoms with van der Waals surface area (Å²) in [5.41, 5.74) is 1.08.